The van der Waals surface area contributed by atoms with Gasteiger partial charge in [0.2, 0.25) is 5.91 Å². The summed E-state index contributed by atoms with van der Waals surface area (Å²) in [5, 5.41) is 9.22. The van der Waals surface area contributed by atoms with Crippen molar-refractivity contribution in [1.29, 1.82) is 5.26 Å². The number of halogens is 1. The van der Waals surface area contributed by atoms with Crippen LogP contribution < -0.4 is 16.2 Å². The van der Waals surface area contributed by atoms with Gasteiger partial charge in [-0.2, -0.15) is 5.26 Å². The van der Waals surface area contributed by atoms with E-state index in [9.17, 15) is 4.79 Å². The second-order valence-corrected chi connectivity index (χ2v) is 3.51. The van der Waals surface area contributed by atoms with Gasteiger partial charge in [0, 0.05) is 11.1 Å². The molecule has 0 aliphatic carbocycles. The van der Waals surface area contributed by atoms with Gasteiger partial charge >= 0.3 is 0 Å². The first kappa shape index (κ1) is 12.3. The maximum Gasteiger partial charge on any atom is 0.237 e. The molecule has 4 N–H and O–H groups in total. The van der Waals surface area contributed by atoms with Gasteiger partial charge in [-0.1, -0.05) is 11.6 Å². The highest BCUT2D eigenvalue weighted by Gasteiger charge is 2.11. The van der Waals surface area contributed by atoms with Crippen LogP contribution in [0.15, 0.2) is 18.2 Å². The van der Waals surface area contributed by atoms with Crippen LogP contribution in [-0.4, -0.2) is 18.6 Å². The molecule has 0 saturated carbocycles. The molecule has 1 unspecified atom stereocenters. The van der Waals surface area contributed by atoms with Crippen LogP contribution in [0.5, 0.6) is 5.75 Å². The predicted molar refractivity (Wildman–Crippen MR) is 58.8 cm³/mol. The van der Waals surface area contributed by atoms with E-state index in [1.165, 1.54) is 12.1 Å². The number of primary amides is 1. The second kappa shape index (κ2) is 5.35. The summed E-state index contributed by atoms with van der Waals surface area (Å²) in [6.45, 7) is -0.0929. The minimum absolute atomic E-state index is 0.0929. The second-order valence-electron chi connectivity index (χ2n) is 3.07. The van der Waals surface area contributed by atoms with Crippen molar-refractivity contribution in [3.63, 3.8) is 0 Å². The van der Waals surface area contributed by atoms with E-state index in [0.717, 1.165) is 0 Å². The summed E-state index contributed by atoms with van der Waals surface area (Å²) >= 11 is 5.74. The Balaban J connectivity index is 2.77. The summed E-state index contributed by atoms with van der Waals surface area (Å²) in [6, 6.07) is 5.60. The highest BCUT2D eigenvalue weighted by atomic mass is 35.5. The molecule has 1 aromatic rings. The number of amides is 1. The molecule has 0 aromatic heterocycles. The minimum Gasteiger partial charge on any atom is -0.490 e. The Kier molecular flexibility index (Phi) is 4.11. The predicted octanol–water partition coefficient (Wildman–Crippen LogP) is 0.403. The van der Waals surface area contributed by atoms with E-state index >= 15 is 0 Å². The van der Waals surface area contributed by atoms with Gasteiger partial charge in [0.05, 0.1) is 5.56 Å². The fourth-order valence-electron chi connectivity index (χ4n) is 0.970. The van der Waals surface area contributed by atoms with Gasteiger partial charge in [0.15, 0.2) is 0 Å². The normalized spacial score (nSPS) is 11.6. The zero-order chi connectivity index (χ0) is 12.1. The van der Waals surface area contributed by atoms with Crippen molar-refractivity contribution in [2.24, 2.45) is 11.5 Å². The van der Waals surface area contributed by atoms with Crippen molar-refractivity contribution < 1.29 is 9.53 Å². The summed E-state index contributed by atoms with van der Waals surface area (Å²) < 4.78 is 5.20. The Hall–Kier alpha value is -1.77. The van der Waals surface area contributed by atoms with E-state index in [0.29, 0.717) is 10.6 Å². The van der Waals surface area contributed by atoms with Crippen LogP contribution in [0.1, 0.15) is 5.56 Å². The monoisotopic (exact) mass is 239 g/mol. The van der Waals surface area contributed by atoms with Crippen LogP contribution in [-0.2, 0) is 4.79 Å². The van der Waals surface area contributed by atoms with Crippen molar-refractivity contribution in [1.82, 2.24) is 0 Å². The Morgan fingerprint density at radius 3 is 2.88 bits per heavy atom. The molecule has 0 radical (unpaired) electrons. The van der Waals surface area contributed by atoms with E-state index in [1.807, 2.05) is 6.07 Å². The molecule has 0 aliphatic rings. The molecular formula is C10H10ClN3O2. The molecule has 0 saturated heterocycles. The molecule has 1 rings (SSSR count). The Morgan fingerprint density at radius 1 is 1.62 bits per heavy atom. The lowest BCUT2D eigenvalue weighted by molar-refractivity contribution is -0.119. The van der Waals surface area contributed by atoms with Gasteiger partial charge in [-0.3, -0.25) is 4.79 Å². The molecule has 1 aromatic carbocycles. The summed E-state index contributed by atoms with van der Waals surface area (Å²) in [7, 11) is 0. The van der Waals surface area contributed by atoms with Gasteiger partial charge in [0.25, 0.3) is 0 Å². The third-order valence-corrected chi connectivity index (χ3v) is 2.08. The number of nitrogens with two attached hydrogens (primary N) is 2. The molecule has 0 fully saturated rings. The van der Waals surface area contributed by atoms with E-state index in [-0.39, 0.29) is 12.4 Å². The number of nitrogens with zero attached hydrogens (tertiary/aromatic N) is 1. The first-order valence-electron chi connectivity index (χ1n) is 4.42. The standard InChI is InChI=1S/C10H10ClN3O2/c11-7-2-1-6(4-12)9(3-7)16-5-8(13)10(14)15/h1-3,8H,5,13H2,(H2,14,15). The number of benzene rings is 1. The molecule has 1 amide bonds. The van der Waals surface area contributed by atoms with Crippen LogP contribution in [0.2, 0.25) is 5.02 Å². The fourth-order valence-corrected chi connectivity index (χ4v) is 1.13. The van der Waals surface area contributed by atoms with Gasteiger partial charge in [-0.05, 0) is 12.1 Å². The van der Waals surface area contributed by atoms with Crippen molar-refractivity contribution in [2.45, 2.75) is 6.04 Å². The summed E-state index contributed by atoms with van der Waals surface area (Å²) in [4.78, 5) is 10.7. The zero-order valence-corrected chi connectivity index (χ0v) is 9.07. The number of nitriles is 1. The first-order valence-corrected chi connectivity index (χ1v) is 4.79. The van der Waals surface area contributed by atoms with Gasteiger partial charge in [-0.15, -0.1) is 0 Å². The van der Waals surface area contributed by atoms with Gasteiger partial charge in [-0.25, -0.2) is 0 Å². The quantitative estimate of drug-likeness (QED) is 0.794. The Morgan fingerprint density at radius 2 is 2.31 bits per heavy atom. The smallest absolute Gasteiger partial charge is 0.237 e. The number of carbonyl (C=O) groups excluding carboxylic acids is 1. The molecule has 1 atom stereocenters. The van der Waals surface area contributed by atoms with Crippen LogP contribution >= 0.6 is 11.6 Å². The summed E-state index contributed by atoms with van der Waals surface area (Å²) in [5.74, 6) is -0.382. The topological polar surface area (TPSA) is 102 Å². The van der Waals surface area contributed by atoms with Gasteiger partial charge in [0.1, 0.15) is 24.5 Å². The third kappa shape index (κ3) is 3.12. The first-order chi connectivity index (χ1) is 7.54. The van der Waals surface area contributed by atoms with Crippen molar-refractivity contribution >= 4 is 17.5 Å². The highest BCUT2D eigenvalue weighted by Crippen LogP contribution is 2.22. The van der Waals surface area contributed by atoms with Crippen LogP contribution in [0.25, 0.3) is 0 Å². The number of carbonyl (C=O) groups is 1. The molecular weight excluding hydrogens is 230 g/mol. The lowest BCUT2D eigenvalue weighted by Crippen LogP contribution is -2.41. The fraction of sp³-hybridized carbons (Fsp3) is 0.200. The lowest BCUT2D eigenvalue weighted by Gasteiger charge is -2.11. The maximum atomic E-state index is 10.7. The number of hydrogen-bond acceptors (Lipinski definition) is 4. The average Bonchev–Trinajstić information content (AvgIpc) is 2.25. The molecule has 0 bridgehead atoms. The molecule has 0 aliphatic heterocycles. The average molecular weight is 240 g/mol. The number of ether oxygens (including phenoxy) is 1. The summed E-state index contributed by atoms with van der Waals surface area (Å²) in [5.41, 5.74) is 10.7. The highest BCUT2D eigenvalue weighted by molar-refractivity contribution is 6.30. The van der Waals surface area contributed by atoms with E-state index in [2.05, 4.69) is 0 Å². The number of rotatable bonds is 4. The number of hydrogen-bond donors (Lipinski definition) is 2. The Bertz CT molecular complexity index is 442. The minimum atomic E-state index is -0.912. The maximum absolute atomic E-state index is 10.7. The zero-order valence-electron chi connectivity index (χ0n) is 8.31. The van der Waals surface area contributed by atoms with Crippen molar-refractivity contribution in [2.75, 3.05) is 6.61 Å². The van der Waals surface area contributed by atoms with Crippen LogP contribution in [0.3, 0.4) is 0 Å². The largest absolute Gasteiger partial charge is 0.490 e. The third-order valence-electron chi connectivity index (χ3n) is 1.85. The molecule has 16 heavy (non-hydrogen) atoms. The summed E-state index contributed by atoms with van der Waals surface area (Å²) in [6.07, 6.45) is 0. The molecule has 0 heterocycles. The SMILES string of the molecule is N#Cc1ccc(Cl)cc1OCC(N)C(N)=O. The van der Waals surface area contributed by atoms with E-state index in [4.69, 9.17) is 33.1 Å². The molecule has 6 heteroatoms. The van der Waals surface area contributed by atoms with E-state index in [1.54, 1.807) is 6.07 Å². The molecule has 84 valence electrons. The molecule has 5 nitrogen and oxygen atoms in total. The van der Waals surface area contributed by atoms with Gasteiger partial charge < -0.3 is 16.2 Å². The van der Waals surface area contributed by atoms with Crippen LogP contribution in [0, 0.1) is 11.3 Å². The van der Waals surface area contributed by atoms with Crippen molar-refractivity contribution in [3.05, 3.63) is 28.8 Å². The Labute approximate surface area is 97.5 Å². The lowest BCUT2D eigenvalue weighted by atomic mass is 10.2. The van der Waals surface area contributed by atoms with Crippen LogP contribution in [0.4, 0.5) is 0 Å². The molecule has 0 spiro atoms. The van der Waals surface area contributed by atoms with E-state index < -0.39 is 11.9 Å². The van der Waals surface area contributed by atoms with Crippen molar-refractivity contribution in [3.8, 4) is 11.8 Å².